The van der Waals surface area contributed by atoms with Crippen molar-refractivity contribution in [2.24, 2.45) is 11.8 Å². The van der Waals surface area contributed by atoms with Crippen molar-refractivity contribution >= 4 is 0 Å². The second-order valence-electron chi connectivity index (χ2n) is 6.02. The van der Waals surface area contributed by atoms with Gasteiger partial charge >= 0.3 is 0 Å². The minimum absolute atomic E-state index is 0.168. The van der Waals surface area contributed by atoms with Gasteiger partial charge < -0.3 is 10.1 Å². The van der Waals surface area contributed by atoms with E-state index in [-0.39, 0.29) is 24.1 Å². The van der Waals surface area contributed by atoms with Crippen LogP contribution in [0.5, 0.6) is 0 Å². The number of hydrogen-bond donors (Lipinski definition) is 1. The third-order valence-electron chi connectivity index (χ3n) is 4.69. The molecule has 0 aliphatic carbocycles. The molecule has 1 aromatic carbocycles. The molecule has 1 aliphatic heterocycles. The summed E-state index contributed by atoms with van der Waals surface area (Å²) in [5.41, 5.74) is 2.20. The predicted octanol–water partition coefficient (Wildman–Crippen LogP) is 3.84. The summed E-state index contributed by atoms with van der Waals surface area (Å²) < 4.78 is 19.3. The van der Waals surface area contributed by atoms with E-state index in [4.69, 9.17) is 4.74 Å². The van der Waals surface area contributed by atoms with E-state index in [1.54, 1.807) is 12.1 Å². The van der Waals surface area contributed by atoms with Gasteiger partial charge in [0, 0.05) is 12.0 Å². The number of halogens is 1. The van der Waals surface area contributed by atoms with Gasteiger partial charge in [0.25, 0.3) is 0 Å². The SMILES string of the molecule is CCNC(c1ccc(F)cc1C)C1C(C)OC(C)C1C. The molecule has 0 spiro atoms. The van der Waals surface area contributed by atoms with Crippen molar-refractivity contribution in [1.82, 2.24) is 5.32 Å². The van der Waals surface area contributed by atoms with Crippen LogP contribution in [0.25, 0.3) is 0 Å². The van der Waals surface area contributed by atoms with Crippen molar-refractivity contribution in [2.45, 2.75) is 52.9 Å². The molecule has 3 heteroatoms. The van der Waals surface area contributed by atoms with Crippen LogP contribution in [-0.2, 0) is 4.74 Å². The molecule has 0 bridgehead atoms. The zero-order chi connectivity index (χ0) is 14.9. The second kappa shape index (κ2) is 6.23. The quantitative estimate of drug-likeness (QED) is 0.904. The lowest BCUT2D eigenvalue weighted by molar-refractivity contribution is 0.0475. The molecule has 2 nitrogen and oxygen atoms in total. The maximum absolute atomic E-state index is 13.3. The van der Waals surface area contributed by atoms with Crippen molar-refractivity contribution in [3.05, 3.63) is 35.1 Å². The van der Waals surface area contributed by atoms with Gasteiger partial charge in [-0.15, -0.1) is 0 Å². The van der Waals surface area contributed by atoms with E-state index in [0.717, 1.165) is 12.1 Å². The average Bonchev–Trinajstić information content (AvgIpc) is 2.62. The van der Waals surface area contributed by atoms with Crippen LogP contribution in [0.2, 0.25) is 0 Å². The van der Waals surface area contributed by atoms with Crippen LogP contribution in [-0.4, -0.2) is 18.8 Å². The van der Waals surface area contributed by atoms with Gasteiger partial charge in [-0.1, -0.05) is 19.9 Å². The average molecular weight is 279 g/mol. The molecule has 0 aromatic heterocycles. The first-order valence-corrected chi connectivity index (χ1v) is 7.60. The molecule has 1 N–H and O–H groups in total. The zero-order valence-corrected chi connectivity index (χ0v) is 13.1. The number of hydrogen-bond acceptors (Lipinski definition) is 2. The van der Waals surface area contributed by atoms with E-state index in [2.05, 4.69) is 33.0 Å². The van der Waals surface area contributed by atoms with Crippen LogP contribution >= 0.6 is 0 Å². The monoisotopic (exact) mass is 279 g/mol. The van der Waals surface area contributed by atoms with Crippen LogP contribution < -0.4 is 5.32 Å². The largest absolute Gasteiger partial charge is 0.375 e. The Morgan fingerprint density at radius 2 is 1.95 bits per heavy atom. The van der Waals surface area contributed by atoms with Gasteiger partial charge in [-0.25, -0.2) is 4.39 Å². The molecule has 0 radical (unpaired) electrons. The molecule has 1 aliphatic rings. The first kappa shape index (κ1) is 15.5. The third-order valence-corrected chi connectivity index (χ3v) is 4.69. The summed E-state index contributed by atoms with van der Waals surface area (Å²) in [4.78, 5) is 0. The summed E-state index contributed by atoms with van der Waals surface area (Å²) in [5.74, 6) is 0.728. The van der Waals surface area contributed by atoms with Crippen molar-refractivity contribution in [3.8, 4) is 0 Å². The summed E-state index contributed by atoms with van der Waals surface area (Å²) >= 11 is 0. The number of nitrogens with one attached hydrogen (secondary N) is 1. The lowest BCUT2D eigenvalue weighted by atomic mass is 9.79. The molecule has 1 fully saturated rings. The van der Waals surface area contributed by atoms with E-state index >= 15 is 0 Å². The van der Waals surface area contributed by atoms with Crippen molar-refractivity contribution in [1.29, 1.82) is 0 Å². The third kappa shape index (κ3) is 2.89. The maximum Gasteiger partial charge on any atom is 0.123 e. The highest BCUT2D eigenvalue weighted by Gasteiger charge is 2.42. The Morgan fingerprint density at radius 3 is 2.45 bits per heavy atom. The number of benzene rings is 1. The Kier molecular flexibility index (Phi) is 4.82. The number of aryl methyl sites for hydroxylation is 1. The highest BCUT2D eigenvalue weighted by Crippen LogP contribution is 2.41. The standard InChI is InChI=1S/C17H26FNO/c1-6-19-17(15-8-7-14(18)9-10(15)2)16-11(3)12(4)20-13(16)5/h7-9,11-13,16-17,19H,6H2,1-5H3. The van der Waals surface area contributed by atoms with E-state index in [0.29, 0.717) is 11.8 Å². The topological polar surface area (TPSA) is 21.3 Å². The van der Waals surface area contributed by atoms with Gasteiger partial charge in [0.2, 0.25) is 0 Å². The molecule has 0 amide bonds. The summed E-state index contributed by atoms with van der Waals surface area (Å²) in [5, 5.41) is 3.58. The van der Waals surface area contributed by atoms with Crippen LogP contribution in [0, 0.1) is 24.6 Å². The van der Waals surface area contributed by atoms with Gasteiger partial charge in [0.05, 0.1) is 12.2 Å². The fraction of sp³-hybridized carbons (Fsp3) is 0.647. The van der Waals surface area contributed by atoms with Crippen LogP contribution in [0.1, 0.15) is 44.9 Å². The van der Waals surface area contributed by atoms with Crippen molar-refractivity contribution in [3.63, 3.8) is 0 Å². The van der Waals surface area contributed by atoms with Gasteiger partial charge in [-0.05, 0) is 56.5 Å². The molecule has 5 atom stereocenters. The summed E-state index contributed by atoms with van der Waals surface area (Å²) in [6.07, 6.45) is 0.491. The Morgan fingerprint density at radius 1 is 1.25 bits per heavy atom. The first-order valence-electron chi connectivity index (χ1n) is 7.60. The van der Waals surface area contributed by atoms with E-state index in [1.807, 2.05) is 13.0 Å². The molecule has 0 saturated carbocycles. The smallest absolute Gasteiger partial charge is 0.123 e. The molecule has 20 heavy (non-hydrogen) atoms. The summed E-state index contributed by atoms with van der Waals surface area (Å²) in [6, 6.07) is 5.31. The Bertz CT molecular complexity index is 462. The molecular weight excluding hydrogens is 253 g/mol. The van der Waals surface area contributed by atoms with Crippen molar-refractivity contribution < 1.29 is 9.13 Å². The Balaban J connectivity index is 2.35. The molecular formula is C17H26FNO. The number of ether oxygens (including phenoxy) is 1. The summed E-state index contributed by atoms with van der Waals surface area (Å²) in [6.45, 7) is 11.5. The van der Waals surface area contributed by atoms with Gasteiger partial charge in [0.15, 0.2) is 0 Å². The predicted molar refractivity (Wildman–Crippen MR) is 80.2 cm³/mol. The van der Waals surface area contributed by atoms with Gasteiger partial charge in [-0.3, -0.25) is 0 Å². The highest BCUT2D eigenvalue weighted by atomic mass is 19.1. The van der Waals surface area contributed by atoms with E-state index in [1.165, 1.54) is 5.56 Å². The Labute approximate surface area is 121 Å². The van der Waals surface area contributed by atoms with Crippen LogP contribution in [0.4, 0.5) is 4.39 Å². The van der Waals surface area contributed by atoms with Crippen molar-refractivity contribution in [2.75, 3.05) is 6.54 Å². The lowest BCUT2D eigenvalue weighted by Gasteiger charge is -2.31. The normalized spacial score (nSPS) is 31.5. The molecule has 2 rings (SSSR count). The number of rotatable bonds is 4. The van der Waals surface area contributed by atoms with Crippen LogP contribution in [0.15, 0.2) is 18.2 Å². The summed E-state index contributed by atoms with van der Waals surface area (Å²) in [7, 11) is 0. The second-order valence-corrected chi connectivity index (χ2v) is 6.02. The minimum Gasteiger partial charge on any atom is -0.375 e. The fourth-order valence-electron chi connectivity index (χ4n) is 3.53. The molecule has 1 saturated heterocycles. The maximum atomic E-state index is 13.3. The lowest BCUT2D eigenvalue weighted by Crippen LogP contribution is -2.35. The molecule has 112 valence electrons. The van der Waals surface area contributed by atoms with E-state index in [9.17, 15) is 4.39 Å². The minimum atomic E-state index is -0.168. The first-order chi connectivity index (χ1) is 9.45. The van der Waals surface area contributed by atoms with E-state index < -0.39 is 0 Å². The highest BCUT2D eigenvalue weighted by molar-refractivity contribution is 5.30. The Hall–Kier alpha value is -0.930. The zero-order valence-electron chi connectivity index (χ0n) is 13.1. The molecule has 5 unspecified atom stereocenters. The van der Waals surface area contributed by atoms with Crippen LogP contribution in [0.3, 0.4) is 0 Å². The molecule has 1 heterocycles. The fourth-order valence-corrected chi connectivity index (χ4v) is 3.53. The van der Waals surface area contributed by atoms with Gasteiger partial charge in [0.1, 0.15) is 5.82 Å². The molecule has 1 aromatic rings. The van der Waals surface area contributed by atoms with Gasteiger partial charge in [-0.2, -0.15) is 0 Å².